The highest BCUT2D eigenvalue weighted by Gasteiger charge is 2.26. The number of rotatable bonds is 3. The number of nitrogens with zero attached hydrogens (tertiary/aromatic N) is 1. The minimum atomic E-state index is -0.349. The van der Waals surface area contributed by atoms with Crippen LogP contribution in [0.2, 0.25) is 5.02 Å². The van der Waals surface area contributed by atoms with Gasteiger partial charge in [-0.1, -0.05) is 11.6 Å². The van der Waals surface area contributed by atoms with Crippen molar-refractivity contribution < 1.29 is 18.6 Å². The average molecular weight is 402 g/mol. The van der Waals surface area contributed by atoms with Gasteiger partial charge in [0.2, 0.25) is 0 Å². The fourth-order valence-corrected chi connectivity index (χ4v) is 3.73. The lowest BCUT2D eigenvalue weighted by Gasteiger charge is -2.32. The number of aryl methyl sites for hydroxylation is 1. The third-order valence-corrected chi connectivity index (χ3v) is 5.47. The van der Waals surface area contributed by atoms with Crippen molar-refractivity contribution in [2.24, 2.45) is 0 Å². The van der Waals surface area contributed by atoms with Crippen LogP contribution in [0.25, 0.3) is 11.0 Å². The van der Waals surface area contributed by atoms with Crippen LogP contribution in [0.5, 0.6) is 17.2 Å². The Morgan fingerprint density at radius 3 is 2.54 bits per heavy atom. The lowest BCUT2D eigenvalue weighted by atomic mass is 10.0. The second-order valence-corrected chi connectivity index (χ2v) is 7.10. The van der Waals surface area contributed by atoms with Gasteiger partial charge in [-0.2, -0.15) is 0 Å². The van der Waals surface area contributed by atoms with Crippen molar-refractivity contribution in [2.75, 3.05) is 25.9 Å². The number of ether oxygens (including phenoxy) is 3. The zero-order chi connectivity index (χ0) is 20.0. The topological polar surface area (TPSA) is 61.1 Å². The largest absolute Gasteiger partial charge is 0.493 e. The van der Waals surface area contributed by atoms with Crippen molar-refractivity contribution in [2.45, 2.75) is 20.4 Å². The summed E-state index contributed by atoms with van der Waals surface area (Å²) in [4.78, 5) is 14.3. The predicted octanol–water partition coefficient (Wildman–Crippen LogP) is 4.44. The molecule has 6 nitrogen and oxygen atoms in total. The van der Waals surface area contributed by atoms with Crippen LogP contribution < -0.4 is 24.7 Å². The van der Waals surface area contributed by atoms with Gasteiger partial charge in [-0.3, -0.25) is 0 Å². The van der Waals surface area contributed by atoms with E-state index in [0.717, 1.165) is 22.2 Å². The standard InChI is InChI=1S/C21H20ClNO5/c1-11-12(2)21(24)28-19-14(11)8-16(22)20-15(19)9-23(10-27-20)13-5-6-17(25-3)18(7-13)26-4/h5-8H,9-10H2,1-4H3. The van der Waals surface area contributed by atoms with Crippen molar-refractivity contribution in [1.82, 2.24) is 0 Å². The van der Waals surface area contributed by atoms with E-state index in [-0.39, 0.29) is 5.63 Å². The van der Waals surface area contributed by atoms with Crippen molar-refractivity contribution in [3.8, 4) is 17.2 Å². The average Bonchev–Trinajstić information content (AvgIpc) is 2.72. The van der Waals surface area contributed by atoms with Crippen LogP contribution >= 0.6 is 11.6 Å². The van der Waals surface area contributed by atoms with Gasteiger partial charge < -0.3 is 23.5 Å². The minimum Gasteiger partial charge on any atom is -0.493 e. The highest BCUT2D eigenvalue weighted by Crippen LogP contribution is 2.41. The normalized spacial score (nSPS) is 13.2. The van der Waals surface area contributed by atoms with Crippen LogP contribution in [0.15, 0.2) is 33.5 Å². The summed E-state index contributed by atoms with van der Waals surface area (Å²) in [5, 5.41) is 1.32. The van der Waals surface area contributed by atoms with Crippen molar-refractivity contribution in [1.29, 1.82) is 0 Å². The summed E-state index contributed by atoms with van der Waals surface area (Å²) in [7, 11) is 3.19. The van der Waals surface area contributed by atoms with E-state index in [9.17, 15) is 4.79 Å². The van der Waals surface area contributed by atoms with Gasteiger partial charge in [0.25, 0.3) is 0 Å². The van der Waals surface area contributed by atoms with Crippen LogP contribution in [0, 0.1) is 13.8 Å². The van der Waals surface area contributed by atoms with Crippen LogP contribution in [0.3, 0.4) is 0 Å². The molecule has 0 atom stereocenters. The summed E-state index contributed by atoms with van der Waals surface area (Å²) in [5.41, 5.74) is 3.25. The summed E-state index contributed by atoms with van der Waals surface area (Å²) < 4.78 is 22.3. The number of hydrogen-bond donors (Lipinski definition) is 0. The number of anilines is 1. The molecule has 28 heavy (non-hydrogen) atoms. The van der Waals surface area contributed by atoms with Crippen LogP contribution in [0.1, 0.15) is 16.7 Å². The second-order valence-electron chi connectivity index (χ2n) is 6.69. The maximum atomic E-state index is 12.2. The first-order chi connectivity index (χ1) is 13.4. The highest BCUT2D eigenvalue weighted by atomic mass is 35.5. The number of hydrogen-bond acceptors (Lipinski definition) is 6. The lowest BCUT2D eigenvalue weighted by Crippen LogP contribution is -2.32. The van der Waals surface area contributed by atoms with E-state index in [0.29, 0.717) is 46.7 Å². The first-order valence-electron chi connectivity index (χ1n) is 8.79. The van der Waals surface area contributed by atoms with Gasteiger partial charge in [0.15, 0.2) is 18.2 Å². The quantitative estimate of drug-likeness (QED) is 0.605. The Balaban J connectivity index is 1.84. The summed E-state index contributed by atoms with van der Waals surface area (Å²) in [6, 6.07) is 7.44. The molecule has 0 saturated carbocycles. The first kappa shape index (κ1) is 18.5. The number of halogens is 1. The molecule has 2 heterocycles. The smallest absolute Gasteiger partial charge is 0.339 e. The Kier molecular flexibility index (Phi) is 4.59. The van der Waals surface area contributed by atoms with Gasteiger partial charge in [-0.05, 0) is 37.6 Å². The van der Waals surface area contributed by atoms with Gasteiger partial charge in [0.1, 0.15) is 11.3 Å². The van der Waals surface area contributed by atoms with E-state index in [2.05, 4.69) is 0 Å². The third kappa shape index (κ3) is 2.85. The minimum absolute atomic E-state index is 0.308. The maximum Gasteiger partial charge on any atom is 0.339 e. The van der Waals surface area contributed by atoms with Gasteiger partial charge in [0.05, 0.1) is 31.4 Å². The third-order valence-electron chi connectivity index (χ3n) is 5.19. The van der Waals surface area contributed by atoms with Gasteiger partial charge in [0, 0.05) is 22.7 Å². The molecular weight excluding hydrogens is 382 g/mol. The molecular formula is C21H20ClNO5. The van der Waals surface area contributed by atoms with E-state index in [4.69, 9.17) is 30.2 Å². The van der Waals surface area contributed by atoms with E-state index < -0.39 is 0 Å². The number of methoxy groups -OCH3 is 2. The molecule has 1 aliphatic heterocycles. The first-order valence-corrected chi connectivity index (χ1v) is 9.17. The van der Waals surface area contributed by atoms with Gasteiger partial charge in [-0.15, -0.1) is 0 Å². The van der Waals surface area contributed by atoms with Crippen molar-refractivity contribution in [3.63, 3.8) is 0 Å². The van der Waals surface area contributed by atoms with E-state index in [1.807, 2.05) is 30.0 Å². The van der Waals surface area contributed by atoms with E-state index in [1.165, 1.54) is 0 Å². The van der Waals surface area contributed by atoms with E-state index >= 15 is 0 Å². The predicted molar refractivity (Wildman–Crippen MR) is 108 cm³/mol. The molecule has 2 aromatic carbocycles. The summed E-state index contributed by atoms with van der Waals surface area (Å²) in [6.45, 7) is 4.43. The Labute approximate surface area is 167 Å². The molecule has 0 radical (unpaired) electrons. The molecule has 0 saturated heterocycles. The molecule has 0 unspecified atom stereocenters. The molecule has 7 heteroatoms. The SMILES string of the molecule is COc1ccc(N2COc3c(Cl)cc4c(C)c(C)c(=O)oc4c3C2)cc1OC. The molecule has 1 aromatic heterocycles. The Hall–Kier alpha value is -2.86. The fraction of sp³-hybridized carbons (Fsp3) is 0.286. The molecule has 0 amide bonds. The Morgan fingerprint density at radius 2 is 1.82 bits per heavy atom. The summed E-state index contributed by atoms with van der Waals surface area (Å²) in [5.74, 6) is 1.83. The number of benzene rings is 2. The summed E-state index contributed by atoms with van der Waals surface area (Å²) in [6.07, 6.45) is 0. The summed E-state index contributed by atoms with van der Waals surface area (Å²) >= 11 is 6.47. The maximum absolute atomic E-state index is 12.2. The molecule has 0 bridgehead atoms. The zero-order valence-corrected chi connectivity index (χ0v) is 16.8. The zero-order valence-electron chi connectivity index (χ0n) is 16.1. The molecule has 0 aliphatic carbocycles. The molecule has 0 spiro atoms. The van der Waals surface area contributed by atoms with Crippen LogP contribution in [0.4, 0.5) is 5.69 Å². The lowest BCUT2D eigenvalue weighted by molar-refractivity contribution is 0.289. The molecule has 0 fully saturated rings. The van der Waals surface area contributed by atoms with E-state index in [1.54, 1.807) is 27.2 Å². The molecule has 0 N–H and O–H groups in total. The fourth-order valence-electron chi connectivity index (χ4n) is 3.45. The Bertz CT molecular complexity index is 1140. The molecule has 1 aliphatic rings. The van der Waals surface area contributed by atoms with Crippen LogP contribution in [-0.4, -0.2) is 21.0 Å². The second kappa shape index (κ2) is 6.95. The van der Waals surface area contributed by atoms with Gasteiger partial charge in [-0.25, -0.2) is 4.79 Å². The monoisotopic (exact) mass is 401 g/mol. The number of fused-ring (bicyclic) bond motifs is 3. The molecule has 146 valence electrons. The van der Waals surface area contributed by atoms with Gasteiger partial charge >= 0.3 is 5.63 Å². The Morgan fingerprint density at radius 1 is 1.07 bits per heavy atom. The van der Waals surface area contributed by atoms with Crippen molar-refractivity contribution in [3.05, 3.63) is 56.4 Å². The highest BCUT2D eigenvalue weighted by molar-refractivity contribution is 6.33. The molecule has 4 rings (SSSR count). The molecule has 3 aromatic rings. The van der Waals surface area contributed by atoms with Crippen molar-refractivity contribution >= 4 is 28.3 Å². The van der Waals surface area contributed by atoms with Crippen LogP contribution in [-0.2, 0) is 6.54 Å².